The number of halogens is 3. The van der Waals surface area contributed by atoms with Crippen LogP contribution in [0.1, 0.15) is 74.2 Å². The number of carbonyl (C=O) groups excluding carboxylic acids is 1. The number of phenols is 2. The molecule has 2 aliphatic heterocycles. The minimum Gasteiger partial charge on any atom is -1.00 e. The average molecular weight is 767 g/mol. The van der Waals surface area contributed by atoms with E-state index in [2.05, 4.69) is 36.0 Å². The van der Waals surface area contributed by atoms with Gasteiger partial charge >= 0.3 is 23.1 Å². The molecule has 0 aromatic heterocycles. The Morgan fingerprint density at radius 3 is 1.52 bits per heavy atom. The van der Waals surface area contributed by atoms with Gasteiger partial charge in [-0.1, -0.05) is 71.7 Å². The Hall–Kier alpha value is -2.14. The SMILES string of the molecule is CC(O)c1ccc([C@H]2CN(C)CCc3cc(Cl)c(O)cc32)cc1.CN1CCc2cc(Cl)c(O)cc2[C@@H](c2ccc(C=O)cc2)C1.[Br-].[CH3-].[Mg+2]. The summed E-state index contributed by atoms with van der Waals surface area (Å²) in [4.78, 5) is 15.4. The number of rotatable bonds is 4. The predicted molar refractivity (Wildman–Crippen MR) is 193 cm³/mol. The number of likely N-dealkylation sites (N-methyl/N-ethyl adjacent to an activating group) is 2. The molecule has 2 heterocycles. The van der Waals surface area contributed by atoms with Crippen LogP contribution in [0.25, 0.3) is 0 Å². The number of carbonyl (C=O) groups is 1. The second kappa shape index (κ2) is 18.7. The van der Waals surface area contributed by atoms with E-state index >= 15 is 0 Å². The predicted octanol–water partition coefficient (Wildman–Crippen LogP) is 4.27. The maximum absolute atomic E-state index is 10.8. The summed E-state index contributed by atoms with van der Waals surface area (Å²) in [5.74, 6) is 0.607. The molecule has 4 aromatic carbocycles. The van der Waals surface area contributed by atoms with Gasteiger partial charge in [0.1, 0.15) is 17.8 Å². The number of aromatic hydroxyl groups is 2. The molecule has 48 heavy (non-hydrogen) atoms. The number of benzene rings is 4. The van der Waals surface area contributed by atoms with Crippen molar-refractivity contribution in [1.82, 2.24) is 9.80 Å². The van der Waals surface area contributed by atoms with Gasteiger partial charge in [-0.15, -0.1) is 0 Å². The van der Waals surface area contributed by atoms with Crippen molar-refractivity contribution in [2.75, 3.05) is 40.3 Å². The summed E-state index contributed by atoms with van der Waals surface area (Å²) < 4.78 is 0. The number of aliphatic hydroxyl groups excluding tert-OH is 1. The number of aliphatic hydroxyl groups is 1. The van der Waals surface area contributed by atoms with Crippen LogP contribution in [-0.4, -0.2) is 94.7 Å². The number of nitrogens with zero attached hydrogens (tertiary/aromatic N) is 2. The van der Waals surface area contributed by atoms with Gasteiger partial charge in [0.15, 0.2) is 0 Å². The van der Waals surface area contributed by atoms with Crippen LogP contribution in [0.15, 0.2) is 72.8 Å². The van der Waals surface area contributed by atoms with E-state index in [-0.39, 0.29) is 70.8 Å². The van der Waals surface area contributed by atoms with Gasteiger partial charge in [0, 0.05) is 43.6 Å². The van der Waals surface area contributed by atoms with Crippen LogP contribution in [0.3, 0.4) is 0 Å². The van der Waals surface area contributed by atoms with Crippen LogP contribution in [0.2, 0.25) is 10.0 Å². The number of phenolic OH excluding ortho intramolecular Hbond substituents is 2. The summed E-state index contributed by atoms with van der Waals surface area (Å²) in [6.45, 7) is 5.45. The van der Waals surface area contributed by atoms with Gasteiger partial charge in [-0.3, -0.25) is 4.79 Å². The van der Waals surface area contributed by atoms with Crippen molar-refractivity contribution in [3.05, 3.63) is 135 Å². The molecular weight excluding hydrogens is 724 g/mol. The molecule has 10 heteroatoms. The van der Waals surface area contributed by atoms with E-state index < -0.39 is 6.10 Å². The molecular formula is C38H43BrCl2MgN2O4. The van der Waals surface area contributed by atoms with E-state index in [4.69, 9.17) is 23.2 Å². The maximum atomic E-state index is 10.8. The van der Waals surface area contributed by atoms with Gasteiger partial charge in [0.25, 0.3) is 0 Å². The monoisotopic (exact) mass is 764 g/mol. The molecule has 0 radical (unpaired) electrons. The summed E-state index contributed by atoms with van der Waals surface area (Å²) in [5.41, 5.74) is 8.54. The van der Waals surface area contributed by atoms with E-state index in [1.54, 1.807) is 13.0 Å². The van der Waals surface area contributed by atoms with Crippen molar-refractivity contribution in [3.8, 4) is 11.5 Å². The van der Waals surface area contributed by atoms with Crippen LogP contribution < -0.4 is 17.0 Å². The molecule has 0 saturated heterocycles. The summed E-state index contributed by atoms with van der Waals surface area (Å²) in [7, 11) is 4.21. The van der Waals surface area contributed by atoms with Gasteiger partial charge < -0.3 is 49.5 Å². The first kappa shape index (κ1) is 42.0. The van der Waals surface area contributed by atoms with Crippen LogP contribution in [-0.2, 0) is 12.8 Å². The molecule has 0 saturated carbocycles. The van der Waals surface area contributed by atoms with E-state index in [9.17, 15) is 20.1 Å². The van der Waals surface area contributed by atoms with Crippen LogP contribution in [0.4, 0.5) is 0 Å². The van der Waals surface area contributed by atoms with E-state index in [0.29, 0.717) is 15.6 Å². The molecule has 6 rings (SSSR count). The van der Waals surface area contributed by atoms with Gasteiger partial charge in [0.2, 0.25) is 0 Å². The van der Waals surface area contributed by atoms with Crippen LogP contribution in [0, 0.1) is 7.43 Å². The third kappa shape index (κ3) is 9.98. The molecule has 0 spiro atoms. The van der Waals surface area contributed by atoms with Crippen molar-refractivity contribution in [2.45, 2.75) is 37.7 Å². The zero-order chi connectivity index (χ0) is 32.2. The van der Waals surface area contributed by atoms with Gasteiger partial charge in [-0.2, -0.15) is 0 Å². The van der Waals surface area contributed by atoms with Gasteiger partial charge in [-0.25, -0.2) is 0 Å². The molecule has 252 valence electrons. The molecule has 0 amide bonds. The number of fused-ring (bicyclic) bond motifs is 2. The molecule has 2 aliphatic rings. The normalized spacial score (nSPS) is 18.0. The Morgan fingerprint density at radius 1 is 0.750 bits per heavy atom. The minimum absolute atomic E-state index is 0. The summed E-state index contributed by atoms with van der Waals surface area (Å²) in [5, 5.41) is 30.5. The standard InChI is InChI=1S/C19H22ClNO2.C18H18ClNO2.CH3.BrH.Mg/c1-12(22)13-3-5-14(6-4-13)17-11-21(2)8-7-15-9-18(20)19(23)10-16(15)17;1-20-7-6-14-8-17(19)18(22)9-15(14)16(10-20)13-4-2-12(11-21)3-5-13;;;/h3-6,9-10,12,17,22-23H,7-8,11H2,1-2H3;2-5,8-9,11,16,22H,6-7,10H2,1H3;1H3;1H;/q;;-1;;+2/p-1/t12?,17-;16-;;;/m11.../s1. The fourth-order valence-electron chi connectivity index (χ4n) is 6.33. The van der Waals surface area contributed by atoms with Crippen molar-refractivity contribution < 1.29 is 37.1 Å². The van der Waals surface area contributed by atoms with Crippen molar-refractivity contribution in [1.29, 1.82) is 0 Å². The van der Waals surface area contributed by atoms with Crippen LogP contribution >= 0.6 is 23.2 Å². The van der Waals surface area contributed by atoms with E-state index in [1.165, 1.54) is 16.7 Å². The van der Waals surface area contributed by atoms with E-state index in [0.717, 1.165) is 67.6 Å². The van der Waals surface area contributed by atoms with Gasteiger partial charge in [0.05, 0.1) is 16.1 Å². The molecule has 3 atom stereocenters. The minimum atomic E-state index is -0.462. The average Bonchev–Trinajstić information content (AvgIpc) is 3.29. The smallest absolute Gasteiger partial charge is 1.00 e. The first-order valence-corrected chi connectivity index (χ1v) is 16.0. The third-order valence-electron chi connectivity index (χ3n) is 8.98. The molecule has 6 nitrogen and oxygen atoms in total. The third-order valence-corrected chi connectivity index (χ3v) is 9.58. The first-order chi connectivity index (χ1) is 21.5. The van der Waals surface area contributed by atoms with Gasteiger partial charge in [-0.05, 0) is 97.1 Å². The maximum Gasteiger partial charge on any atom is 2.00 e. The molecule has 1 unspecified atom stereocenters. The summed E-state index contributed by atoms with van der Waals surface area (Å²) in [6.07, 6.45) is 2.22. The second-order valence-electron chi connectivity index (χ2n) is 12.3. The molecule has 4 aromatic rings. The fraction of sp³-hybridized carbons (Fsp3) is 0.316. The Morgan fingerprint density at radius 2 is 1.15 bits per heavy atom. The second-order valence-corrected chi connectivity index (χ2v) is 13.1. The topological polar surface area (TPSA) is 84.2 Å². The Balaban J connectivity index is 0.000000314. The van der Waals surface area contributed by atoms with Crippen LogP contribution in [0.5, 0.6) is 11.5 Å². The zero-order valence-electron chi connectivity index (χ0n) is 28.0. The van der Waals surface area contributed by atoms with Crippen molar-refractivity contribution >= 4 is 52.5 Å². The molecule has 0 fully saturated rings. The molecule has 0 aliphatic carbocycles. The first-order valence-electron chi connectivity index (χ1n) is 15.3. The number of aldehydes is 1. The zero-order valence-corrected chi connectivity index (χ0v) is 32.5. The largest absolute Gasteiger partial charge is 2.00 e. The Bertz CT molecular complexity index is 1650. The van der Waals surface area contributed by atoms with Crippen molar-refractivity contribution in [2.24, 2.45) is 0 Å². The summed E-state index contributed by atoms with van der Waals surface area (Å²) >= 11 is 12.2. The Kier molecular flexibility index (Phi) is 16.4. The summed E-state index contributed by atoms with van der Waals surface area (Å²) in [6, 6.07) is 23.1. The molecule has 0 bridgehead atoms. The number of hydrogen-bond donors (Lipinski definition) is 3. The fourth-order valence-corrected chi connectivity index (χ4v) is 6.70. The quantitative estimate of drug-likeness (QED) is 0.164. The Labute approximate surface area is 321 Å². The molecule has 3 N–H and O–H groups in total. The van der Waals surface area contributed by atoms with Crippen molar-refractivity contribution in [3.63, 3.8) is 0 Å². The van der Waals surface area contributed by atoms with E-state index in [1.807, 2.05) is 54.6 Å². The number of hydrogen-bond acceptors (Lipinski definition) is 6.